The molecule has 5 nitrogen and oxygen atoms in total. The monoisotopic (exact) mass is 357 g/mol. The fourth-order valence-electron chi connectivity index (χ4n) is 2.58. The Balaban J connectivity index is 1.72. The molecule has 1 aliphatic heterocycles. The third-order valence-electron chi connectivity index (χ3n) is 3.79. The molecule has 1 aromatic rings. The Morgan fingerprint density at radius 1 is 1.43 bits per heavy atom. The molecule has 1 aromatic carbocycles. The first-order valence-corrected chi connectivity index (χ1v) is 10.5. The molecule has 0 radical (unpaired) electrons. The van der Waals surface area contributed by atoms with Gasteiger partial charge in [0.05, 0.1) is 24.4 Å². The summed E-state index contributed by atoms with van der Waals surface area (Å²) < 4.78 is 28.1. The van der Waals surface area contributed by atoms with E-state index in [-0.39, 0.29) is 22.7 Å². The van der Waals surface area contributed by atoms with Gasteiger partial charge >= 0.3 is 0 Å². The molecule has 1 atom stereocenters. The van der Waals surface area contributed by atoms with Gasteiger partial charge in [0.1, 0.15) is 5.75 Å². The Bertz CT molecular complexity index is 658. The normalized spacial score (nSPS) is 19.5. The predicted octanol–water partition coefficient (Wildman–Crippen LogP) is 1.58. The maximum Gasteiger partial charge on any atom is 0.230 e. The van der Waals surface area contributed by atoms with E-state index in [0.717, 1.165) is 16.9 Å². The molecule has 2 rings (SSSR count). The molecule has 1 fully saturated rings. The first kappa shape index (κ1) is 18.1. The van der Waals surface area contributed by atoms with Gasteiger partial charge in [0, 0.05) is 11.8 Å². The van der Waals surface area contributed by atoms with Crippen molar-refractivity contribution >= 4 is 27.5 Å². The molecule has 1 N–H and O–H groups in total. The van der Waals surface area contributed by atoms with E-state index in [2.05, 4.69) is 11.4 Å². The Hall–Kier alpha value is -1.21. The highest BCUT2D eigenvalue weighted by molar-refractivity contribution is 8.02. The highest BCUT2D eigenvalue weighted by Gasteiger charge is 2.28. The van der Waals surface area contributed by atoms with Gasteiger partial charge in [-0.3, -0.25) is 4.79 Å². The molecule has 1 heterocycles. The van der Waals surface area contributed by atoms with Gasteiger partial charge in [-0.1, -0.05) is 17.7 Å². The first-order valence-electron chi connectivity index (χ1n) is 7.62. The molecule has 1 amide bonds. The molecule has 0 aromatic heterocycles. The Morgan fingerprint density at radius 2 is 2.22 bits per heavy atom. The SMILES string of the molecule is COc1ccc(C)cc1CCNC(=O)CSC1CCS(=O)(=O)C1. The minimum Gasteiger partial charge on any atom is -0.496 e. The van der Waals surface area contributed by atoms with Crippen molar-refractivity contribution in [3.05, 3.63) is 29.3 Å². The zero-order valence-electron chi connectivity index (χ0n) is 13.5. The quantitative estimate of drug-likeness (QED) is 0.802. The number of carbonyl (C=O) groups excluding carboxylic acids is 1. The van der Waals surface area contributed by atoms with Crippen LogP contribution < -0.4 is 10.1 Å². The second kappa shape index (κ2) is 8.06. The Morgan fingerprint density at radius 3 is 2.87 bits per heavy atom. The molecule has 1 saturated heterocycles. The number of sulfone groups is 1. The van der Waals surface area contributed by atoms with Crippen molar-refractivity contribution < 1.29 is 17.9 Å². The van der Waals surface area contributed by atoms with Crippen LogP contribution in [-0.4, -0.2) is 50.5 Å². The highest BCUT2D eigenvalue weighted by atomic mass is 32.2. The zero-order valence-corrected chi connectivity index (χ0v) is 15.1. The van der Waals surface area contributed by atoms with E-state index in [0.29, 0.717) is 25.1 Å². The highest BCUT2D eigenvalue weighted by Crippen LogP contribution is 2.24. The average molecular weight is 357 g/mol. The standard InChI is InChI=1S/C16H23NO4S2/c1-12-3-4-15(21-2)13(9-12)5-7-17-16(18)10-22-14-6-8-23(19,20)11-14/h3-4,9,14H,5-8,10-11H2,1-2H3,(H,17,18). The van der Waals surface area contributed by atoms with Crippen molar-refractivity contribution in [1.82, 2.24) is 5.32 Å². The molecule has 0 aliphatic carbocycles. The van der Waals surface area contributed by atoms with Gasteiger partial charge < -0.3 is 10.1 Å². The number of thioether (sulfide) groups is 1. The van der Waals surface area contributed by atoms with Crippen LogP contribution in [0.3, 0.4) is 0 Å². The van der Waals surface area contributed by atoms with Crippen molar-refractivity contribution in [2.24, 2.45) is 0 Å². The van der Waals surface area contributed by atoms with Gasteiger partial charge in [-0.05, 0) is 31.4 Å². The topological polar surface area (TPSA) is 72.5 Å². The molecular weight excluding hydrogens is 334 g/mol. The van der Waals surface area contributed by atoms with E-state index < -0.39 is 9.84 Å². The first-order chi connectivity index (χ1) is 10.9. The number of amides is 1. The molecule has 0 bridgehead atoms. The van der Waals surface area contributed by atoms with E-state index in [4.69, 9.17) is 4.74 Å². The van der Waals surface area contributed by atoms with Crippen molar-refractivity contribution in [1.29, 1.82) is 0 Å². The lowest BCUT2D eigenvalue weighted by Gasteiger charge is -2.11. The summed E-state index contributed by atoms with van der Waals surface area (Å²) in [5, 5.41) is 2.94. The minimum atomic E-state index is -2.87. The maximum absolute atomic E-state index is 11.9. The number of benzene rings is 1. The Labute approximate surface area is 142 Å². The molecule has 7 heteroatoms. The fourth-order valence-corrected chi connectivity index (χ4v) is 6.05. The van der Waals surface area contributed by atoms with Crippen molar-refractivity contribution in [2.75, 3.05) is 30.9 Å². The third-order valence-corrected chi connectivity index (χ3v) is 7.07. The molecule has 1 aliphatic rings. The van der Waals surface area contributed by atoms with Crippen LogP contribution in [0.1, 0.15) is 17.5 Å². The fraction of sp³-hybridized carbons (Fsp3) is 0.562. The summed E-state index contributed by atoms with van der Waals surface area (Å²) in [6, 6.07) is 5.99. The van der Waals surface area contributed by atoms with E-state index in [1.54, 1.807) is 7.11 Å². The number of rotatable bonds is 7. The summed E-state index contributed by atoms with van der Waals surface area (Å²) in [4.78, 5) is 11.9. The maximum atomic E-state index is 11.9. The number of carbonyl (C=O) groups is 1. The molecule has 23 heavy (non-hydrogen) atoms. The van der Waals surface area contributed by atoms with E-state index in [1.807, 2.05) is 19.1 Å². The van der Waals surface area contributed by atoms with Crippen LogP contribution >= 0.6 is 11.8 Å². The number of aryl methyl sites for hydroxylation is 1. The zero-order chi connectivity index (χ0) is 16.9. The molecule has 128 valence electrons. The summed E-state index contributed by atoms with van der Waals surface area (Å²) in [6.07, 6.45) is 1.36. The molecule has 1 unspecified atom stereocenters. The third kappa shape index (κ3) is 5.73. The van der Waals surface area contributed by atoms with Crippen molar-refractivity contribution in [2.45, 2.75) is 25.0 Å². The summed E-state index contributed by atoms with van der Waals surface area (Å²) in [6.45, 7) is 2.57. The van der Waals surface area contributed by atoms with Gasteiger partial charge in [0.15, 0.2) is 9.84 Å². The van der Waals surface area contributed by atoms with Crippen molar-refractivity contribution in [3.63, 3.8) is 0 Å². The van der Waals surface area contributed by atoms with E-state index in [9.17, 15) is 13.2 Å². The Kier molecular flexibility index (Phi) is 6.35. The number of nitrogens with one attached hydrogen (secondary N) is 1. The van der Waals surface area contributed by atoms with Crippen LogP contribution in [-0.2, 0) is 21.1 Å². The lowest BCUT2D eigenvalue weighted by molar-refractivity contribution is -0.118. The van der Waals surface area contributed by atoms with Crippen LogP contribution in [0.4, 0.5) is 0 Å². The predicted molar refractivity (Wildman–Crippen MR) is 94.0 cm³/mol. The van der Waals surface area contributed by atoms with Gasteiger partial charge in [0.2, 0.25) is 5.91 Å². The summed E-state index contributed by atoms with van der Waals surface area (Å²) >= 11 is 1.43. The smallest absolute Gasteiger partial charge is 0.230 e. The van der Waals surface area contributed by atoms with Gasteiger partial charge in [-0.25, -0.2) is 8.42 Å². The number of hydrogen-bond acceptors (Lipinski definition) is 5. The van der Waals surface area contributed by atoms with Gasteiger partial charge in [0.25, 0.3) is 0 Å². The van der Waals surface area contributed by atoms with Crippen LogP contribution in [0.15, 0.2) is 18.2 Å². The van der Waals surface area contributed by atoms with Gasteiger partial charge in [-0.2, -0.15) is 0 Å². The van der Waals surface area contributed by atoms with E-state index >= 15 is 0 Å². The summed E-state index contributed by atoms with van der Waals surface area (Å²) in [5.74, 6) is 1.54. The lowest BCUT2D eigenvalue weighted by Crippen LogP contribution is -2.28. The largest absolute Gasteiger partial charge is 0.496 e. The molecular formula is C16H23NO4S2. The lowest BCUT2D eigenvalue weighted by atomic mass is 10.1. The van der Waals surface area contributed by atoms with Crippen LogP contribution in [0, 0.1) is 6.92 Å². The average Bonchev–Trinajstić information content (AvgIpc) is 2.85. The van der Waals surface area contributed by atoms with E-state index in [1.165, 1.54) is 11.8 Å². The van der Waals surface area contributed by atoms with Crippen LogP contribution in [0.25, 0.3) is 0 Å². The van der Waals surface area contributed by atoms with Gasteiger partial charge in [-0.15, -0.1) is 11.8 Å². The summed E-state index contributed by atoms with van der Waals surface area (Å²) in [7, 11) is -1.24. The number of methoxy groups -OCH3 is 1. The second-order valence-electron chi connectivity index (χ2n) is 5.75. The molecule has 0 spiro atoms. The molecule has 0 saturated carbocycles. The minimum absolute atomic E-state index is 0.0501. The van der Waals surface area contributed by atoms with Crippen LogP contribution in [0.5, 0.6) is 5.75 Å². The number of hydrogen-bond donors (Lipinski definition) is 1. The summed E-state index contributed by atoms with van der Waals surface area (Å²) in [5.41, 5.74) is 2.23. The van der Waals surface area contributed by atoms with Crippen LogP contribution in [0.2, 0.25) is 0 Å². The van der Waals surface area contributed by atoms with Crippen molar-refractivity contribution in [3.8, 4) is 5.75 Å². The number of ether oxygens (including phenoxy) is 1. The second-order valence-corrected chi connectivity index (χ2v) is 9.27.